The van der Waals surface area contributed by atoms with Crippen LogP contribution < -0.4 is 9.46 Å². The maximum Gasteiger partial charge on any atom is 0.221 e. The van der Waals surface area contributed by atoms with Crippen LogP contribution in [0.4, 0.5) is 0 Å². The summed E-state index contributed by atoms with van der Waals surface area (Å²) in [5.74, 6) is 0.937. The van der Waals surface area contributed by atoms with Gasteiger partial charge in [0.2, 0.25) is 10.0 Å². The van der Waals surface area contributed by atoms with Crippen LogP contribution in [0.5, 0.6) is 5.75 Å². The minimum absolute atomic E-state index is 0.00488. The number of ether oxygens (including phenoxy) is 1. The van der Waals surface area contributed by atoms with Crippen LogP contribution in [0.1, 0.15) is 17.2 Å². The van der Waals surface area contributed by atoms with Gasteiger partial charge in [0.15, 0.2) is 0 Å². The molecule has 0 bridgehead atoms. The smallest absolute Gasteiger partial charge is 0.221 e. The normalized spacial score (nSPS) is 16.0. The van der Waals surface area contributed by atoms with Crippen LogP contribution >= 0.6 is 15.9 Å². The third-order valence-corrected chi connectivity index (χ3v) is 6.06. The average molecular weight is 363 g/mol. The highest BCUT2D eigenvalue weighted by Crippen LogP contribution is 2.29. The number of hydrogen-bond donors (Lipinski definition) is 1. The lowest BCUT2D eigenvalue weighted by Crippen LogP contribution is -2.34. The summed E-state index contributed by atoms with van der Waals surface area (Å²) < 4.78 is 31.1. The molecule has 0 saturated heterocycles. The van der Waals surface area contributed by atoms with E-state index in [0.29, 0.717) is 6.54 Å². The summed E-state index contributed by atoms with van der Waals surface area (Å²) in [5.41, 5.74) is 2.29. The van der Waals surface area contributed by atoms with Gasteiger partial charge in [-0.3, -0.25) is 0 Å². The van der Waals surface area contributed by atoms with Crippen molar-refractivity contribution in [3.8, 4) is 5.75 Å². The first kappa shape index (κ1) is 15.8. The van der Waals surface area contributed by atoms with Gasteiger partial charge in [-0.15, -0.1) is 0 Å². The summed E-state index contributed by atoms with van der Waals surface area (Å²) in [6.45, 7) is 1.07. The molecular formula is C13H19BrN2O3S. The first-order chi connectivity index (χ1) is 9.43. The molecule has 20 heavy (non-hydrogen) atoms. The van der Waals surface area contributed by atoms with Gasteiger partial charge in [-0.1, -0.05) is 28.1 Å². The van der Waals surface area contributed by atoms with E-state index in [1.54, 1.807) is 0 Å². The molecule has 0 aromatic heterocycles. The van der Waals surface area contributed by atoms with Gasteiger partial charge in [0.05, 0.1) is 6.61 Å². The standard InChI is InChI=1S/C13H19BrN2O3S/c1-16(2)12(8-15-20(17,18)9-14)10-3-4-13-11(7-10)5-6-19-13/h3-4,7,12,15H,5-6,8-9H2,1-2H3. The molecule has 7 heteroatoms. The number of nitrogens with one attached hydrogen (secondary N) is 1. The van der Waals surface area contributed by atoms with Gasteiger partial charge in [-0.2, -0.15) is 0 Å². The number of sulfonamides is 1. The van der Waals surface area contributed by atoms with Crippen LogP contribution in [0.3, 0.4) is 0 Å². The minimum atomic E-state index is -3.25. The van der Waals surface area contributed by atoms with Crippen molar-refractivity contribution in [2.45, 2.75) is 12.5 Å². The Morgan fingerprint density at radius 3 is 2.85 bits per heavy atom. The molecule has 2 rings (SSSR count). The lowest BCUT2D eigenvalue weighted by molar-refractivity contribution is 0.299. The fourth-order valence-corrected chi connectivity index (χ4v) is 3.23. The van der Waals surface area contributed by atoms with E-state index in [1.807, 2.05) is 31.1 Å². The zero-order valence-corrected chi connectivity index (χ0v) is 14.0. The van der Waals surface area contributed by atoms with E-state index >= 15 is 0 Å². The molecule has 0 saturated carbocycles. The number of fused-ring (bicyclic) bond motifs is 1. The monoisotopic (exact) mass is 362 g/mol. The fraction of sp³-hybridized carbons (Fsp3) is 0.538. The highest BCUT2D eigenvalue weighted by molar-refractivity contribution is 9.10. The van der Waals surface area contributed by atoms with Crippen LogP contribution in [0, 0.1) is 0 Å². The van der Waals surface area contributed by atoms with Crippen LogP contribution in [0.15, 0.2) is 18.2 Å². The summed E-state index contributed by atoms with van der Waals surface area (Å²) in [5, 5.41) is 0. The Hall–Kier alpha value is -0.630. The topological polar surface area (TPSA) is 58.6 Å². The Labute approximate surface area is 128 Å². The number of halogens is 1. The van der Waals surface area contributed by atoms with Gasteiger partial charge in [-0.05, 0) is 31.3 Å². The third kappa shape index (κ3) is 3.72. The Bertz CT molecular complexity index is 575. The molecule has 1 atom stereocenters. The van der Waals surface area contributed by atoms with E-state index in [1.165, 1.54) is 5.56 Å². The van der Waals surface area contributed by atoms with E-state index in [0.717, 1.165) is 24.3 Å². The van der Waals surface area contributed by atoms with Gasteiger partial charge in [0, 0.05) is 19.0 Å². The molecule has 1 aliphatic heterocycles. The molecule has 0 radical (unpaired) electrons. The van der Waals surface area contributed by atoms with E-state index in [9.17, 15) is 8.42 Å². The summed E-state index contributed by atoms with van der Waals surface area (Å²) in [6, 6.07) is 6.06. The highest BCUT2D eigenvalue weighted by Gasteiger charge is 2.20. The number of benzene rings is 1. The molecule has 0 spiro atoms. The average Bonchev–Trinajstić information content (AvgIpc) is 2.86. The predicted octanol–water partition coefficient (Wildman–Crippen LogP) is 1.50. The van der Waals surface area contributed by atoms with Crippen LogP contribution in [-0.2, 0) is 16.4 Å². The maximum atomic E-state index is 11.5. The SMILES string of the molecule is CN(C)C(CNS(=O)(=O)CBr)c1ccc2c(c1)CCO2. The number of hydrogen-bond acceptors (Lipinski definition) is 4. The van der Waals surface area contributed by atoms with Crippen molar-refractivity contribution in [1.29, 1.82) is 0 Å². The molecule has 1 unspecified atom stereocenters. The largest absolute Gasteiger partial charge is 0.493 e. The second-order valence-corrected chi connectivity index (χ2v) is 8.13. The summed E-state index contributed by atoms with van der Waals surface area (Å²) in [4.78, 5) is 2.01. The van der Waals surface area contributed by atoms with Crippen molar-refractivity contribution in [2.75, 3.05) is 31.9 Å². The number of likely N-dealkylation sites (N-methyl/N-ethyl adjacent to an activating group) is 1. The molecule has 112 valence electrons. The summed E-state index contributed by atoms with van der Waals surface area (Å²) in [7, 11) is 0.630. The Balaban J connectivity index is 2.16. The lowest BCUT2D eigenvalue weighted by atomic mass is 10.0. The molecule has 1 aromatic rings. The maximum absolute atomic E-state index is 11.5. The Morgan fingerprint density at radius 1 is 1.45 bits per heavy atom. The molecule has 0 fully saturated rings. The highest BCUT2D eigenvalue weighted by atomic mass is 79.9. The minimum Gasteiger partial charge on any atom is -0.493 e. The molecule has 0 amide bonds. The molecule has 1 heterocycles. The number of alkyl halides is 1. The van der Waals surface area contributed by atoms with Gasteiger partial charge < -0.3 is 9.64 Å². The quantitative estimate of drug-likeness (QED) is 0.779. The lowest BCUT2D eigenvalue weighted by Gasteiger charge is -2.25. The first-order valence-electron chi connectivity index (χ1n) is 6.38. The molecular weight excluding hydrogens is 344 g/mol. The van der Waals surface area contributed by atoms with Crippen molar-refractivity contribution >= 4 is 26.0 Å². The van der Waals surface area contributed by atoms with E-state index in [-0.39, 0.29) is 10.7 Å². The van der Waals surface area contributed by atoms with Crippen molar-refractivity contribution in [3.05, 3.63) is 29.3 Å². The molecule has 0 aliphatic carbocycles. The van der Waals surface area contributed by atoms with Gasteiger partial charge in [0.25, 0.3) is 0 Å². The van der Waals surface area contributed by atoms with Crippen LogP contribution in [-0.4, -0.2) is 45.2 Å². The predicted molar refractivity (Wildman–Crippen MR) is 82.8 cm³/mol. The molecule has 1 N–H and O–H groups in total. The van der Waals surface area contributed by atoms with Crippen molar-refractivity contribution in [2.24, 2.45) is 0 Å². The zero-order chi connectivity index (χ0) is 14.8. The van der Waals surface area contributed by atoms with E-state index in [2.05, 4.69) is 26.7 Å². The van der Waals surface area contributed by atoms with Crippen molar-refractivity contribution < 1.29 is 13.2 Å². The van der Waals surface area contributed by atoms with Crippen LogP contribution in [0.2, 0.25) is 0 Å². The Kier molecular flexibility index (Phi) is 5.06. The van der Waals surface area contributed by atoms with Crippen molar-refractivity contribution in [3.63, 3.8) is 0 Å². The van der Waals surface area contributed by atoms with Gasteiger partial charge in [0.1, 0.15) is 10.4 Å². The van der Waals surface area contributed by atoms with Crippen molar-refractivity contribution in [1.82, 2.24) is 9.62 Å². The first-order valence-corrected chi connectivity index (χ1v) is 9.15. The third-order valence-electron chi connectivity index (χ3n) is 3.36. The van der Waals surface area contributed by atoms with E-state index < -0.39 is 10.0 Å². The fourth-order valence-electron chi connectivity index (χ4n) is 2.26. The second-order valence-electron chi connectivity index (χ2n) is 5.02. The number of nitrogens with zero attached hydrogens (tertiary/aromatic N) is 1. The zero-order valence-electron chi connectivity index (χ0n) is 11.6. The molecule has 5 nitrogen and oxygen atoms in total. The van der Waals surface area contributed by atoms with Crippen LogP contribution in [0.25, 0.3) is 0 Å². The summed E-state index contributed by atoms with van der Waals surface area (Å²) >= 11 is 2.97. The second kappa shape index (κ2) is 6.43. The number of rotatable bonds is 6. The molecule has 1 aliphatic rings. The van der Waals surface area contributed by atoms with E-state index in [4.69, 9.17) is 4.74 Å². The Morgan fingerprint density at radius 2 is 2.20 bits per heavy atom. The van der Waals surface area contributed by atoms with Gasteiger partial charge >= 0.3 is 0 Å². The van der Waals surface area contributed by atoms with Gasteiger partial charge in [-0.25, -0.2) is 13.1 Å². The summed E-state index contributed by atoms with van der Waals surface area (Å²) in [6.07, 6.45) is 0.913. The molecule has 1 aromatic carbocycles.